The molecule has 0 heterocycles. The van der Waals surface area contributed by atoms with Crippen LogP contribution in [0.2, 0.25) is 0 Å². The van der Waals surface area contributed by atoms with Gasteiger partial charge in [0, 0.05) is 18.3 Å². The van der Waals surface area contributed by atoms with Crippen LogP contribution in [0.1, 0.15) is 65.2 Å². The molecule has 0 bridgehead atoms. The average molecular weight is 348 g/mol. The summed E-state index contributed by atoms with van der Waals surface area (Å²) in [5.74, 6) is 1.52. The first-order chi connectivity index (χ1) is 11.8. The molecular weight excluding hydrogens is 316 g/mol. The second kappa shape index (κ2) is 5.88. The van der Waals surface area contributed by atoms with Crippen molar-refractivity contribution in [2.24, 2.45) is 40.4 Å². The number of carbonyl (C=O) groups excluding carboxylic acids is 2. The zero-order valence-corrected chi connectivity index (χ0v) is 15.5. The summed E-state index contributed by atoms with van der Waals surface area (Å²) in [4.78, 5) is 25.6. The number of Topliss-reactive ketones (excluding diaryl/α,β-unsaturated/α-hetero) is 2. The molecule has 0 spiro atoms. The fourth-order valence-corrected chi connectivity index (χ4v) is 7.69. The molecule has 1 unspecified atom stereocenters. The molecule has 140 valence electrons. The van der Waals surface area contributed by atoms with Crippen molar-refractivity contribution in [1.29, 1.82) is 0 Å². The van der Waals surface area contributed by atoms with Gasteiger partial charge in [-0.2, -0.15) is 0 Å². The predicted octanol–water partition coefficient (Wildman–Crippen LogP) is 2.75. The molecule has 25 heavy (non-hydrogen) atoms. The molecule has 0 aromatic carbocycles. The summed E-state index contributed by atoms with van der Waals surface area (Å²) in [6, 6.07) is 0. The molecule has 4 rings (SSSR count). The maximum Gasteiger partial charge on any atom is 0.161 e. The van der Waals surface area contributed by atoms with Crippen molar-refractivity contribution < 1.29 is 19.8 Å². The number of ketones is 2. The van der Waals surface area contributed by atoms with Crippen molar-refractivity contribution in [3.63, 3.8) is 0 Å². The summed E-state index contributed by atoms with van der Waals surface area (Å²) in [5, 5.41) is 19.5. The third kappa shape index (κ3) is 2.39. The minimum absolute atomic E-state index is 0.0274. The Kier molecular flexibility index (Phi) is 4.16. The van der Waals surface area contributed by atoms with Gasteiger partial charge >= 0.3 is 0 Å². The number of rotatable bonds is 2. The van der Waals surface area contributed by atoms with E-state index < -0.39 is 6.61 Å². The van der Waals surface area contributed by atoms with Crippen LogP contribution in [0.4, 0.5) is 0 Å². The Hall–Kier alpha value is -0.740. The van der Waals surface area contributed by atoms with E-state index in [1.54, 1.807) is 0 Å². The lowest BCUT2D eigenvalue weighted by Crippen LogP contribution is -2.58. The van der Waals surface area contributed by atoms with Crippen LogP contribution < -0.4 is 0 Å². The molecule has 0 aromatic heterocycles. The van der Waals surface area contributed by atoms with Gasteiger partial charge in [-0.3, -0.25) is 9.59 Å². The largest absolute Gasteiger partial charge is 0.393 e. The van der Waals surface area contributed by atoms with E-state index in [4.69, 9.17) is 0 Å². The molecular formula is C21H32O4. The van der Waals surface area contributed by atoms with E-state index in [0.717, 1.165) is 44.9 Å². The van der Waals surface area contributed by atoms with Crippen molar-refractivity contribution in [2.45, 2.75) is 71.3 Å². The number of carbonyl (C=O) groups is 2. The average Bonchev–Trinajstić information content (AvgIpc) is 2.91. The van der Waals surface area contributed by atoms with Gasteiger partial charge in [-0.15, -0.1) is 0 Å². The van der Waals surface area contributed by atoms with Gasteiger partial charge in [0.15, 0.2) is 5.78 Å². The molecule has 4 saturated carbocycles. The molecule has 0 amide bonds. The molecule has 0 radical (unpaired) electrons. The topological polar surface area (TPSA) is 74.6 Å². The van der Waals surface area contributed by atoms with Crippen molar-refractivity contribution >= 4 is 11.6 Å². The first kappa shape index (κ1) is 17.7. The number of hydrogen-bond acceptors (Lipinski definition) is 4. The van der Waals surface area contributed by atoms with E-state index in [-0.39, 0.29) is 34.6 Å². The van der Waals surface area contributed by atoms with Gasteiger partial charge in [-0.25, -0.2) is 0 Å². The third-order valence-electron chi connectivity index (χ3n) is 8.87. The third-order valence-corrected chi connectivity index (χ3v) is 8.87. The summed E-state index contributed by atoms with van der Waals surface area (Å²) >= 11 is 0. The van der Waals surface area contributed by atoms with Crippen molar-refractivity contribution in [3.8, 4) is 0 Å². The molecule has 0 saturated heterocycles. The highest BCUT2D eigenvalue weighted by molar-refractivity contribution is 5.88. The van der Waals surface area contributed by atoms with Crippen molar-refractivity contribution in [1.82, 2.24) is 0 Å². The molecule has 4 aliphatic rings. The molecule has 4 nitrogen and oxygen atoms in total. The quantitative estimate of drug-likeness (QED) is 0.805. The second-order valence-corrected chi connectivity index (χ2v) is 9.86. The fraction of sp³-hybridized carbons (Fsp3) is 0.905. The summed E-state index contributed by atoms with van der Waals surface area (Å²) in [6.07, 6.45) is 6.93. The lowest BCUT2D eigenvalue weighted by molar-refractivity contribution is -0.162. The van der Waals surface area contributed by atoms with Gasteiger partial charge in [0.1, 0.15) is 12.4 Å². The minimum Gasteiger partial charge on any atom is -0.393 e. The van der Waals surface area contributed by atoms with E-state index in [1.807, 2.05) is 0 Å². The van der Waals surface area contributed by atoms with Crippen LogP contribution >= 0.6 is 0 Å². The predicted molar refractivity (Wildman–Crippen MR) is 93.7 cm³/mol. The van der Waals surface area contributed by atoms with E-state index >= 15 is 0 Å². The Bertz CT molecular complexity index is 586. The summed E-state index contributed by atoms with van der Waals surface area (Å²) in [7, 11) is 0. The number of aliphatic hydroxyl groups excluding tert-OH is 2. The van der Waals surface area contributed by atoms with Crippen LogP contribution in [0.5, 0.6) is 0 Å². The van der Waals surface area contributed by atoms with Gasteiger partial charge in [0.05, 0.1) is 6.10 Å². The van der Waals surface area contributed by atoms with Crippen LogP contribution in [-0.4, -0.2) is 34.5 Å². The lowest BCUT2D eigenvalue weighted by atomic mass is 9.44. The molecule has 4 fully saturated rings. The van der Waals surface area contributed by atoms with Gasteiger partial charge in [-0.1, -0.05) is 13.8 Å². The normalized spacial score (nSPS) is 52.2. The van der Waals surface area contributed by atoms with E-state index in [0.29, 0.717) is 30.0 Å². The smallest absolute Gasteiger partial charge is 0.161 e. The molecule has 4 heteroatoms. The van der Waals surface area contributed by atoms with Crippen LogP contribution in [0.3, 0.4) is 0 Å². The highest BCUT2D eigenvalue weighted by atomic mass is 16.3. The maximum absolute atomic E-state index is 13.3. The SMILES string of the molecule is C[C@@]12CC(=O)[C@H]3[C@@H](CC[C@@H]4CC(O)CC[C@@]43C)[C@@H]1CC[C@@H]2C(=O)CO. The summed E-state index contributed by atoms with van der Waals surface area (Å²) in [5.41, 5.74) is -0.227. The van der Waals surface area contributed by atoms with E-state index in [2.05, 4.69) is 13.8 Å². The van der Waals surface area contributed by atoms with Gasteiger partial charge in [0.2, 0.25) is 0 Å². The second-order valence-electron chi connectivity index (χ2n) is 9.86. The van der Waals surface area contributed by atoms with Crippen LogP contribution in [0.25, 0.3) is 0 Å². The first-order valence-electron chi connectivity index (χ1n) is 10.2. The Morgan fingerprint density at radius 2 is 1.88 bits per heavy atom. The van der Waals surface area contributed by atoms with E-state index in [1.165, 1.54) is 0 Å². The van der Waals surface area contributed by atoms with Crippen molar-refractivity contribution in [2.75, 3.05) is 6.61 Å². The lowest BCUT2D eigenvalue weighted by Gasteiger charge is -2.59. The van der Waals surface area contributed by atoms with Gasteiger partial charge in [-0.05, 0) is 73.5 Å². The minimum atomic E-state index is -0.396. The zero-order chi connectivity index (χ0) is 18.0. The molecule has 0 aliphatic heterocycles. The zero-order valence-electron chi connectivity index (χ0n) is 15.5. The summed E-state index contributed by atoms with van der Waals surface area (Å²) in [6.45, 7) is 4.04. The van der Waals surface area contributed by atoms with Crippen LogP contribution in [0.15, 0.2) is 0 Å². The Morgan fingerprint density at radius 1 is 1.12 bits per heavy atom. The first-order valence-corrected chi connectivity index (χ1v) is 10.2. The van der Waals surface area contributed by atoms with Crippen LogP contribution in [0, 0.1) is 40.4 Å². The monoisotopic (exact) mass is 348 g/mol. The molecule has 4 aliphatic carbocycles. The molecule has 8 atom stereocenters. The van der Waals surface area contributed by atoms with Crippen LogP contribution in [-0.2, 0) is 9.59 Å². The molecule has 0 aromatic rings. The summed E-state index contributed by atoms with van der Waals surface area (Å²) < 4.78 is 0. The number of fused-ring (bicyclic) bond motifs is 5. The highest BCUT2D eigenvalue weighted by Gasteiger charge is 2.63. The Labute approximate surface area is 150 Å². The number of hydrogen-bond donors (Lipinski definition) is 2. The van der Waals surface area contributed by atoms with Gasteiger partial charge in [0.25, 0.3) is 0 Å². The maximum atomic E-state index is 13.3. The highest BCUT2D eigenvalue weighted by Crippen LogP contribution is 2.66. The Morgan fingerprint density at radius 3 is 2.60 bits per heavy atom. The van der Waals surface area contributed by atoms with Gasteiger partial charge < -0.3 is 10.2 Å². The standard InChI is InChI=1S/C21H32O4/c1-20-8-7-13(23)9-12(20)3-4-14-15-5-6-16(18(25)11-22)21(15,2)10-17(24)19(14)20/h12-16,19,22-23H,3-11H2,1-2H3/t12-,13?,14+,15+,16-,19-,20+,21-/m1/s1. The fourth-order valence-electron chi connectivity index (χ4n) is 7.69. The number of aliphatic hydroxyl groups is 2. The van der Waals surface area contributed by atoms with E-state index in [9.17, 15) is 19.8 Å². The molecule has 2 N–H and O–H groups in total. The van der Waals surface area contributed by atoms with Crippen molar-refractivity contribution in [3.05, 3.63) is 0 Å². The Balaban J connectivity index is 1.66.